The van der Waals surface area contributed by atoms with Gasteiger partial charge in [0, 0.05) is 24.7 Å². The Morgan fingerprint density at radius 1 is 1.19 bits per heavy atom. The molecule has 1 fully saturated rings. The highest BCUT2D eigenvalue weighted by Gasteiger charge is 2.26. The van der Waals surface area contributed by atoms with Gasteiger partial charge in [-0.3, -0.25) is 9.89 Å². The number of carbonyl (C=O) groups is 1. The highest BCUT2D eigenvalue weighted by atomic mass is 16.5. The van der Waals surface area contributed by atoms with Crippen molar-refractivity contribution in [2.75, 3.05) is 25.6 Å². The van der Waals surface area contributed by atoms with Crippen LogP contribution in [-0.4, -0.2) is 48.6 Å². The lowest BCUT2D eigenvalue weighted by molar-refractivity contribution is -0.118. The van der Waals surface area contributed by atoms with Crippen LogP contribution in [0.1, 0.15) is 17.5 Å². The Morgan fingerprint density at radius 3 is 2.91 bits per heavy atom. The molecule has 2 aromatic carbocycles. The number of fused-ring (bicyclic) bond motifs is 1. The molecule has 5 rings (SSSR count). The van der Waals surface area contributed by atoms with Crippen molar-refractivity contribution in [2.24, 2.45) is 0 Å². The van der Waals surface area contributed by atoms with Crippen molar-refractivity contribution in [3.8, 4) is 22.6 Å². The smallest absolute Gasteiger partial charge is 0.241 e. The van der Waals surface area contributed by atoms with Crippen LogP contribution in [-0.2, 0) is 22.5 Å². The number of rotatable bonds is 6. The van der Waals surface area contributed by atoms with E-state index in [-0.39, 0.29) is 18.1 Å². The van der Waals surface area contributed by atoms with Gasteiger partial charge < -0.3 is 24.8 Å². The predicted octanol–water partition coefficient (Wildman–Crippen LogP) is 2.91. The highest BCUT2D eigenvalue weighted by molar-refractivity contribution is 5.97. The second kappa shape index (κ2) is 9.02. The molecule has 3 heterocycles. The summed E-state index contributed by atoms with van der Waals surface area (Å²) in [7, 11) is 1.65. The maximum Gasteiger partial charge on any atom is 0.241 e. The Balaban J connectivity index is 1.36. The minimum Gasteiger partial charge on any atom is -0.497 e. The summed E-state index contributed by atoms with van der Waals surface area (Å²) in [4.78, 5) is 13.1. The normalized spacial score (nSPS) is 19.9. The van der Waals surface area contributed by atoms with E-state index in [1.807, 2.05) is 42.6 Å². The number of benzene rings is 2. The summed E-state index contributed by atoms with van der Waals surface area (Å²) >= 11 is 0. The third kappa shape index (κ3) is 4.32. The van der Waals surface area contributed by atoms with E-state index in [0.717, 1.165) is 28.9 Å². The van der Waals surface area contributed by atoms with Crippen LogP contribution < -0.4 is 20.1 Å². The van der Waals surface area contributed by atoms with Crippen LogP contribution in [0.15, 0.2) is 48.8 Å². The number of nitrogens with one attached hydrogen (secondary N) is 3. The lowest BCUT2D eigenvalue weighted by atomic mass is 9.95. The Labute approximate surface area is 186 Å². The van der Waals surface area contributed by atoms with Crippen molar-refractivity contribution in [3.05, 3.63) is 59.9 Å². The molecule has 1 aromatic heterocycles. The summed E-state index contributed by atoms with van der Waals surface area (Å²) in [6.45, 7) is 1.87. The molecule has 0 saturated carbocycles. The molecule has 2 atom stereocenters. The lowest BCUT2D eigenvalue weighted by Crippen LogP contribution is -2.44. The van der Waals surface area contributed by atoms with Crippen LogP contribution in [0.4, 0.5) is 5.69 Å². The fraction of sp³-hybridized carbons (Fsp3) is 0.333. The summed E-state index contributed by atoms with van der Waals surface area (Å²) in [5, 5.41) is 13.2. The number of hydrogen-bond donors (Lipinski definition) is 3. The average Bonchev–Trinajstić information content (AvgIpc) is 3.54. The van der Waals surface area contributed by atoms with E-state index in [4.69, 9.17) is 14.2 Å². The molecule has 1 saturated heterocycles. The van der Waals surface area contributed by atoms with E-state index in [2.05, 4.69) is 20.8 Å². The molecule has 32 heavy (non-hydrogen) atoms. The monoisotopic (exact) mass is 434 g/mol. The summed E-state index contributed by atoms with van der Waals surface area (Å²) in [6, 6.07) is 11.4. The van der Waals surface area contributed by atoms with Gasteiger partial charge >= 0.3 is 0 Å². The Bertz CT molecular complexity index is 1090. The first kappa shape index (κ1) is 20.5. The zero-order valence-corrected chi connectivity index (χ0v) is 17.9. The van der Waals surface area contributed by atoms with Crippen LogP contribution in [0, 0.1) is 0 Å². The van der Waals surface area contributed by atoms with Gasteiger partial charge in [-0.25, -0.2) is 0 Å². The summed E-state index contributed by atoms with van der Waals surface area (Å²) in [6.07, 6.45) is 4.98. The molecule has 1 amide bonds. The zero-order valence-electron chi connectivity index (χ0n) is 17.9. The molecule has 8 heteroatoms. The fourth-order valence-corrected chi connectivity index (χ4v) is 4.12. The number of H-pyrrole nitrogens is 1. The van der Waals surface area contributed by atoms with E-state index in [9.17, 15) is 4.79 Å². The average molecular weight is 434 g/mol. The number of aromatic amines is 1. The van der Waals surface area contributed by atoms with E-state index >= 15 is 0 Å². The largest absolute Gasteiger partial charge is 0.497 e. The molecule has 166 valence electrons. The zero-order chi connectivity index (χ0) is 21.9. The van der Waals surface area contributed by atoms with E-state index in [0.29, 0.717) is 37.6 Å². The fourth-order valence-electron chi connectivity index (χ4n) is 4.12. The van der Waals surface area contributed by atoms with E-state index < -0.39 is 0 Å². The third-order valence-corrected chi connectivity index (χ3v) is 5.95. The minimum atomic E-state index is -0.342. The number of aromatic nitrogens is 2. The predicted molar refractivity (Wildman–Crippen MR) is 120 cm³/mol. The Kier molecular flexibility index (Phi) is 5.79. The number of nitrogens with zero attached hydrogens (tertiary/aromatic N) is 1. The van der Waals surface area contributed by atoms with Gasteiger partial charge in [0.1, 0.15) is 17.6 Å². The maximum absolute atomic E-state index is 13.1. The maximum atomic E-state index is 13.1. The summed E-state index contributed by atoms with van der Waals surface area (Å²) < 4.78 is 17.0. The van der Waals surface area contributed by atoms with Crippen LogP contribution >= 0.6 is 0 Å². The first-order valence-electron chi connectivity index (χ1n) is 10.8. The highest BCUT2D eigenvalue weighted by Crippen LogP contribution is 2.33. The number of methoxy groups -OCH3 is 1. The second-order valence-corrected chi connectivity index (χ2v) is 8.06. The molecule has 2 aliphatic heterocycles. The molecule has 3 N–H and O–H groups in total. The first-order chi connectivity index (χ1) is 15.7. The molecule has 1 unspecified atom stereocenters. The van der Waals surface area contributed by atoms with E-state index in [1.165, 1.54) is 5.56 Å². The van der Waals surface area contributed by atoms with Crippen molar-refractivity contribution < 1.29 is 19.0 Å². The number of hydrogen-bond acceptors (Lipinski definition) is 6. The summed E-state index contributed by atoms with van der Waals surface area (Å²) in [5.41, 5.74) is 4.87. The molecular weight excluding hydrogens is 408 g/mol. The third-order valence-electron chi connectivity index (χ3n) is 5.95. The number of ether oxygens (including phenoxy) is 3. The molecular formula is C24H26N4O4. The molecule has 2 aliphatic rings. The first-order valence-corrected chi connectivity index (χ1v) is 10.8. The van der Waals surface area contributed by atoms with Crippen molar-refractivity contribution in [2.45, 2.75) is 31.5 Å². The molecule has 3 aromatic rings. The van der Waals surface area contributed by atoms with Gasteiger partial charge in [0.2, 0.25) is 5.91 Å². The van der Waals surface area contributed by atoms with Gasteiger partial charge in [0.05, 0.1) is 38.2 Å². The number of carbonyl (C=O) groups excluding carboxylic acids is 1. The van der Waals surface area contributed by atoms with Crippen molar-refractivity contribution in [1.82, 2.24) is 15.5 Å². The van der Waals surface area contributed by atoms with Gasteiger partial charge in [-0.2, -0.15) is 5.10 Å². The van der Waals surface area contributed by atoms with Crippen LogP contribution in [0.3, 0.4) is 0 Å². The van der Waals surface area contributed by atoms with Gasteiger partial charge in [-0.15, -0.1) is 0 Å². The van der Waals surface area contributed by atoms with E-state index in [1.54, 1.807) is 13.3 Å². The topological polar surface area (TPSA) is 97.5 Å². The SMILES string of the molecule is COc1ccc2c(c1)C[C@H](C(=O)Nc1ccc(-c3cn[nH]c3)cc1OC1CCOC1)NC2. The molecule has 0 spiro atoms. The van der Waals surface area contributed by atoms with Crippen molar-refractivity contribution in [1.29, 1.82) is 0 Å². The van der Waals surface area contributed by atoms with Gasteiger partial charge in [-0.05, 0) is 47.4 Å². The standard InChI is InChI=1S/C24H26N4O4/c1-30-19-4-2-16-11-25-22(9-17(16)8-19)24(29)28-21-5-3-15(18-12-26-27-13-18)10-23(21)32-20-6-7-31-14-20/h2-5,8,10,12-13,20,22,25H,6-7,9,11,14H2,1H3,(H,26,27)(H,28,29)/t20?,22-/m1/s1. The second-order valence-electron chi connectivity index (χ2n) is 8.06. The Hall–Kier alpha value is -3.36. The molecule has 0 aliphatic carbocycles. The summed E-state index contributed by atoms with van der Waals surface area (Å²) in [5.74, 6) is 1.33. The minimum absolute atomic E-state index is 0.0302. The number of anilines is 1. The molecule has 0 radical (unpaired) electrons. The van der Waals surface area contributed by atoms with Crippen LogP contribution in [0.25, 0.3) is 11.1 Å². The van der Waals surface area contributed by atoms with Crippen LogP contribution in [0.5, 0.6) is 11.5 Å². The van der Waals surface area contributed by atoms with Gasteiger partial charge in [0.15, 0.2) is 0 Å². The number of amides is 1. The van der Waals surface area contributed by atoms with Gasteiger partial charge in [0.25, 0.3) is 0 Å². The molecule has 0 bridgehead atoms. The lowest BCUT2D eigenvalue weighted by Gasteiger charge is -2.26. The molecule has 8 nitrogen and oxygen atoms in total. The van der Waals surface area contributed by atoms with Crippen LogP contribution in [0.2, 0.25) is 0 Å². The van der Waals surface area contributed by atoms with Crippen molar-refractivity contribution >= 4 is 11.6 Å². The Morgan fingerprint density at radius 2 is 2.12 bits per heavy atom. The van der Waals surface area contributed by atoms with Crippen molar-refractivity contribution in [3.63, 3.8) is 0 Å². The quantitative estimate of drug-likeness (QED) is 0.552. The van der Waals surface area contributed by atoms with Gasteiger partial charge in [-0.1, -0.05) is 12.1 Å².